The first-order chi connectivity index (χ1) is 7.43. The van der Waals surface area contributed by atoms with Crippen molar-refractivity contribution in [3.8, 4) is 0 Å². The minimum atomic E-state index is 0.486. The van der Waals surface area contributed by atoms with Crippen molar-refractivity contribution in [3.05, 3.63) is 11.8 Å². The molecule has 1 saturated heterocycles. The van der Waals surface area contributed by atoms with Crippen LogP contribution in [0.4, 0.5) is 0 Å². The fraction of sp³-hybridized carbons (Fsp3) is 0.818. The largest absolute Gasteiger partial charge is 0.425 e. The summed E-state index contributed by atoms with van der Waals surface area (Å²) in [6.45, 7) is 2.20. The monoisotopic (exact) mass is 207 g/mol. The van der Waals surface area contributed by atoms with Gasteiger partial charge in [-0.3, -0.25) is 0 Å². The molecule has 82 valence electrons. The Morgan fingerprint density at radius 3 is 2.40 bits per heavy atom. The first kappa shape index (κ1) is 9.33. The van der Waals surface area contributed by atoms with Gasteiger partial charge in [-0.25, -0.2) is 0 Å². The molecule has 0 bridgehead atoms. The van der Waals surface area contributed by atoms with Gasteiger partial charge in [0.25, 0.3) is 0 Å². The lowest BCUT2D eigenvalue weighted by atomic mass is 10.0. The van der Waals surface area contributed by atoms with Crippen molar-refractivity contribution >= 4 is 0 Å². The van der Waals surface area contributed by atoms with E-state index in [1.165, 1.54) is 25.7 Å². The van der Waals surface area contributed by atoms with E-state index in [1.54, 1.807) is 0 Å². The highest BCUT2D eigenvalue weighted by Crippen LogP contribution is 2.40. The lowest BCUT2D eigenvalue weighted by molar-refractivity contribution is 0.399. The molecular weight excluding hydrogens is 190 g/mol. The molecule has 1 atom stereocenters. The van der Waals surface area contributed by atoms with E-state index in [2.05, 4.69) is 15.5 Å². The van der Waals surface area contributed by atoms with Crippen molar-refractivity contribution in [2.75, 3.05) is 13.1 Å². The topological polar surface area (TPSA) is 51.0 Å². The maximum absolute atomic E-state index is 5.75. The maximum atomic E-state index is 5.75. The summed E-state index contributed by atoms with van der Waals surface area (Å²) in [5.41, 5.74) is 0. The Morgan fingerprint density at radius 1 is 0.933 bits per heavy atom. The molecule has 1 aliphatic heterocycles. The molecule has 0 radical (unpaired) electrons. The normalized spacial score (nSPS) is 27.6. The van der Waals surface area contributed by atoms with Crippen molar-refractivity contribution in [2.45, 2.75) is 43.9 Å². The van der Waals surface area contributed by atoms with Crippen molar-refractivity contribution in [2.24, 2.45) is 0 Å². The maximum Gasteiger partial charge on any atom is 0.219 e. The van der Waals surface area contributed by atoms with Crippen LogP contribution < -0.4 is 5.32 Å². The number of nitrogens with one attached hydrogen (secondary N) is 1. The van der Waals surface area contributed by atoms with E-state index in [1.807, 2.05) is 0 Å². The number of nitrogens with zero attached hydrogens (tertiary/aromatic N) is 2. The average Bonchev–Trinajstić information content (AvgIpc) is 3.04. The average molecular weight is 207 g/mol. The van der Waals surface area contributed by atoms with E-state index in [-0.39, 0.29) is 0 Å². The summed E-state index contributed by atoms with van der Waals surface area (Å²) < 4.78 is 5.75. The highest BCUT2D eigenvalue weighted by atomic mass is 16.4. The highest BCUT2D eigenvalue weighted by Gasteiger charge is 2.30. The zero-order valence-corrected chi connectivity index (χ0v) is 8.91. The molecule has 1 saturated carbocycles. The number of rotatable bonds is 2. The standard InChI is InChI=1S/C11H17N3O/c1-2-8(5-7-12-6-1)10-13-14-11(15-10)9-3-4-9/h8-9,12H,1-7H2. The molecule has 0 spiro atoms. The molecule has 2 heterocycles. The van der Waals surface area contributed by atoms with Crippen LogP contribution in [-0.4, -0.2) is 23.3 Å². The molecule has 1 aliphatic carbocycles. The van der Waals surface area contributed by atoms with Crippen molar-refractivity contribution in [1.82, 2.24) is 15.5 Å². The Kier molecular flexibility index (Phi) is 2.44. The van der Waals surface area contributed by atoms with Gasteiger partial charge in [-0.15, -0.1) is 10.2 Å². The fourth-order valence-corrected chi connectivity index (χ4v) is 2.17. The van der Waals surface area contributed by atoms with Gasteiger partial charge in [0, 0.05) is 11.8 Å². The summed E-state index contributed by atoms with van der Waals surface area (Å²) in [5, 5.41) is 11.7. The second-order valence-electron chi connectivity index (χ2n) is 4.63. The van der Waals surface area contributed by atoms with Crippen LogP contribution in [0.15, 0.2) is 4.42 Å². The van der Waals surface area contributed by atoms with Crippen LogP contribution in [0.2, 0.25) is 0 Å². The van der Waals surface area contributed by atoms with Crippen molar-refractivity contribution < 1.29 is 4.42 Å². The second kappa shape index (κ2) is 3.93. The molecule has 2 aliphatic rings. The van der Waals surface area contributed by atoms with E-state index >= 15 is 0 Å². The number of aromatic nitrogens is 2. The van der Waals surface area contributed by atoms with Gasteiger partial charge in [-0.05, 0) is 45.2 Å². The van der Waals surface area contributed by atoms with Crippen LogP contribution in [0.25, 0.3) is 0 Å². The smallest absolute Gasteiger partial charge is 0.219 e. The molecule has 1 aromatic heterocycles. The first-order valence-electron chi connectivity index (χ1n) is 5.97. The van der Waals surface area contributed by atoms with Crippen LogP contribution >= 0.6 is 0 Å². The summed E-state index contributed by atoms with van der Waals surface area (Å²) in [6, 6.07) is 0. The van der Waals surface area contributed by atoms with Crippen LogP contribution in [0.1, 0.15) is 55.7 Å². The molecule has 1 aromatic rings. The van der Waals surface area contributed by atoms with E-state index in [0.29, 0.717) is 11.8 Å². The Labute approximate surface area is 89.5 Å². The van der Waals surface area contributed by atoms with Gasteiger partial charge in [0.05, 0.1) is 0 Å². The van der Waals surface area contributed by atoms with Crippen LogP contribution in [0.5, 0.6) is 0 Å². The lowest BCUT2D eigenvalue weighted by Gasteiger charge is -2.06. The molecule has 2 fully saturated rings. The zero-order valence-electron chi connectivity index (χ0n) is 8.91. The Morgan fingerprint density at radius 2 is 1.67 bits per heavy atom. The molecule has 4 nitrogen and oxygen atoms in total. The molecule has 3 rings (SSSR count). The summed E-state index contributed by atoms with van der Waals surface area (Å²) in [6.07, 6.45) is 5.99. The summed E-state index contributed by atoms with van der Waals surface area (Å²) in [4.78, 5) is 0. The van der Waals surface area contributed by atoms with E-state index in [9.17, 15) is 0 Å². The third kappa shape index (κ3) is 2.04. The number of hydrogen-bond donors (Lipinski definition) is 1. The third-order valence-electron chi connectivity index (χ3n) is 3.31. The minimum absolute atomic E-state index is 0.486. The van der Waals surface area contributed by atoms with Gasteiger partial charge < -0.3 is 9.73 Å². The molecule has 0 amide bonds. The molecule has 4 heteroatoms. The van der Waals surface area contributed by atoms with Gasteiger partial charge in [-0.2, -0.15) is 0 Å². The molecule has 15 heavy (non-hydrogen) atoms. The van der Waals surface area contributed by atoms with E-state index < -0.39 is 0 Å². The van der Waals surface area contributed by atoms with Gasteiger partial charge in [0.2, 0.25) is 11.8 Å². The second-order valence-corrected chi connectivity index (χ2v) is 4.63. The zero-order chi connectivity index (χ0) is 10.1. The SMILES string of the molecule is C1CNCCC(c2nnc(C3CC3)o2)C1. The molecule has 1 N–H and O–H groups in total. The van der Waals surface area contributed by atoms with Crippen LogP contribution in [0.3, 0.4) is 0 Å². The number of hydrogen-bond acceptors (Lipinski definition) is 4. The highest BCUT2D eigenvalue weighted by molar-refractivity contribution is 5.02. The van der Waals surface area contributed by atoms with Crippen LogP contribution in [0, 0.1) is 0 Å². The first-order valence-corrected chi connectivity index (χ1v) is 5.97. The summed E-state index contributed by atoms with van der Waals surface area (Å²) in [5.74, 6) is 2.82. The summed E-state index contributed by atoms with van der Waals surface area (Å²) >= 11 is 0. The Bertz CT molecular complexity index is 324. The van der Waals surface area contributed by atoms with Crippen molar-refractivity contribution in [3.63, 3.8) is 0 Å². The van der Waals surface area contributed by atoms with Gasteiger partial charge in [0.1, 0.15) is 0 Å². The lowest BCUT2D eigenvalue weighted by Crippen LogP contribution is -2.13. The fourth-order valence-electron chi connectivity index (χ4n) is 2.17. The quantitative estimate of drug-likeness (QED) is 0.803. The molecular formula is C11H17N3O. The Balaban J connectivity index is 1.72. The predicted molar refractivity (Wildman–Crippen MR) is 55.7 cm³/mol. The van der Waals surface area contributed by atoms with Gasteiger partial charge >= 0.3 is 0 Å². The van der Waals surface area contributed by atoms with Crippen molar-refractivity contribution in [1.29, 1.82) is 0 Å². The minimum Gasteiger partial charge on any atom is -0.425 e. The third-order valence-corrected chi connectivity index (χ3v) is 3.31. The van der Waals surface area contributed by atoms with E-state index in [0.717, 1.165) is 31.3 Å². The van der Waals surface area contributed by atoms with Gasteiger partial charge in [0.15, 0.2) is 0 Å². The summed E-state index contributed by atoms with van der Waals surface area (Å²) in [7, 11) is 0. The molecule has 1 unspecified atom stereocenters. The molecule has 0 aromatic carbocycles. The Hall–Kier alpha value is -0.900. The van der Waals surface area contributed by atoms with Crippen LogP contribution in [-0.2, 0) is 0 Å². The van der Waals surface area contributed by atoms with Gasteiger partial charge in [-0.1, -0.05) is 0 Å². The predicted octanol–water partition coefficient (Wildman–Crippen LogP) is 1.80. The van der Waals surface area contributed by atoms with E-state index in [4.69, 9.17) is 4.42 Å².